The maximum Gasteiger partial charge on any atom is 0.0925 e. The highest BCUT2D eigenvalue weighted by atomic mass is 32.2. The summed E-state index contributed by atoms with van der Waals surface area (Å²) < 4.78 is 0. The summed E-state index contributed by atoms with van der Waals surface area (Å²) in [5.74, 6) is 0.935. The third kappa shape index (κ3) is 3.56. The van der Waals surface area contributed by atoms with E-state index in [1.165, 1.54) is 21.2 Å². The van der Waals surface area contributed by atoms with Crippen molar-refractivity contribution in [1.29, 1.82) is 0 Å². The smallest absolute Gasteiger partial charge is 0.0925 e. The molecule has 0 spiro atoms. The number of thioether (sulfide) groups is 1. The largest absolute Gasteiger partial charge is 0.326 e. The van der Waals surface area contributed by atoms with E-state index < -0.39 is 0 Å². The Kier molecular flexibility index (Phi) is 4.59. The van der Waals surface area contributed by atoms with E-state index in [1.807, 2.05) is 11.8 Å². The molecule has 1 aromatic heterocycles. The van der Waals surface area contributed by atoms with Crippen molar-refractivity contribution in [3.63, 3.8) is 0 Å². The van der Waals surface area contributed by atoms with E-state index >= 15 is 0 Å². The van der Waals surface area contributed by atoms with Crippen molar-refractivity contribution in [2.45, 2.75) is 30.5 Å². The van der Waals surface area contributed by atoms with Crippen molar-refractivity contribution in [2.24, 2.45) is 5.73 Å². The van der Waals surface area contributed by atoms with Gasteiger partial charge in [-0.1, -0.05) is 19.1 Å². The fourth-order valence-electron chi connectivity index (χ4n) is 1.50. The van der Waals surface area contributed by atoms with E-state index in [1.54, 1.807) is 11.3 Å². The third-order valence-corrected chi connectivity index (χ3v) is 4.49. The molecule has 2 N–H and O–H groups in total. The van der Waals surface area contributed by atoms with Crippen LogP contribution in [0.5, 0.6) is 0 Å². The van der Waals surface area contributed by atoms with Gasteiger partial charge in [-0.25, -0.2) is 4.98 Å². The van der Waals surface area contributed by atoms with Gasteiger partial charge in [-0.15, -0.1) is 23.1 Å². The van der Waals surface area contributed by atoms with Gasteiger partial charge in [-0.05, 0) is 24.1 Å². The molecular formula is C13H16N2S2. The summed E-state index contributed by atoms with van der Waals surface area (Å²) in [4.78, 5) is 5.82. The highest BCUT2D eigenvalue weighted by Crippen LogP contribution is 2.24. The molecule has 0 unspecified atom stereocenters. The standard InChI is InChI=1S/C13H16N2S2/c1-2-13-15-11(9-17-13)8-16-12-5-3-4-10(6-12)7-14/h3-6,9H,2,7-8,14H2,1H3. The SMILES string of the molecule is CCc1nc(CSc2cccc(CN)c2)cs1. The highest BCUT2D eigenvalue weighted by molar-refractivity contribution is 7.98. The number of aromatic nitrogens is 1. The van der Waals surface area contributed by atoms with Crippen LogP contribution in [0, 0.1) is 0 Å². The zero-order valence-electron chi connectivity index (χ0n) is 9.85. The average Bonchev–Trinajstić information content (AvgIpc) is 2.84. The van der Waals surface area contributed by atoms with Crippen molar-refractivity contribution < 1.29 is 0 Å². The monoisotopic (exact) mass is 264 g/mol. The Morgan fingerprint density at radius 1 is 1.41 bits per heavy atom. The van der Waals surface area contributed by atoms with E-state index in [-0.39, 0.29) is 0 Å². The number of nitrogens with zero attached hydrogens (tertiary/aromatic N) is 1. The second-order valence-electron chi connectivity index (χ2n) is 3.73. The van der Waals surface area contributed by atoms with Crippen LogP contribution in [-0.2, 0) is 18.7 Å². The molecule has 0 fully saturated rings. The first-order valence-electron chi connectivity index (χ1n) is 5.67. The predicted octanol–water partition coefficient (Wildman–Crippen LogP) is 3.46. The van der Waals surface area contributed by atoms with Crippen LogP contribution in [0.2, 0.25) is 0 Å². The second kappa shape index (κ2) is 6.19. The molecule has 17 heavy (non-hydrogen) atoms. The molecule has 90 valence electrons. The molecule has 0 aliphatic carbocycles. The number of nitrogens with two attached hydrogens (primary N) is 1. The Labute approximate surface area is 110 Å². The fraction of sp³-hybridized carbons (Fsp3) is 0.308. The Hall–Kier alpha value is -0.840. The summed E-state index contributed by atoms with van der Waals surface area (Å²) in [6.45, 7) is 2.74. The number of aryl methyl sites for hydroxylation is 1. The molecule has 2 nitrogen and oxygen atoms in total. The minimum atomic E-state index is 0.602. The molecule has 0 saturated carbocycles. The van der Waals surface area contributed by atoms with E-state index in [0.717, 1.165) is 12.2 Å². The first-order chi connectivity index (χ1) is 8.31. The third-order valence-electron chi connectivity index (χ3n) is 2.42. The molecule has 4 heteroatoms. The zero-order valence-corrected chi connectivity index (χ0v) is 11.5. The van der Waals surface area contributed by atoms with Crippen LogP contribution in [0.3, 0.4) is 0 Å². The summed E-state index contributed by atoms with van der Waals surface area (Å²) in [5.41, 5.74) is 7.99. The van der Waals surface area contributed by atoms with Crippen molar-refractivity contribution in [1.82, 2.24) is 4.98 Å². The molecule has 0 bridgehead atoms. The lowest BCUT2D eigenvalue weighted by molar-refractivity contribution is 1.05. The Morgan fingerprint density at radius 3 is 3.00 bits per heavy atom. The summed E-state index contributed by atoms with van der Waals surface area (Å²) in [7, 11) is 0. The highest BCUT2D eigenvalue weighted by Gasteiger charge is 2.02. The minimum Gasteiger partial charge on any atom is -0.326 e. The summed E-state index contributed by atoms with van der Waals surface area (Å²) >= 11 is 3.56. The number of hydrogen-bond acceptors (Lipinski definition) is 4. The molecule has 2 rings (SSSR count). The van der Waals surface area contributed by atoms with Crippen molar-refractivity contribution in [2.75, 3.05) is 0 Å². The van der Waals surface area contributed by atoms with Crippen LogP contribution in [0.15, 0.2) is 34.5 Å². The Morgan fingerprint density at radius 2 is 2.29 bits per heavy atom. The van der Waals surface area contributed by atoms with Gasteiger partial charge in [0.1, 0.15) is 0 Å². The number of thiazole rings is 1. The summed E-state index contributed by atoms with van der Waals surface area (Å²) in [5, 5.41) is 3.37. The normalized spacial score (nSPS) is 10.7. The van der Waals surface area contributed by atoms with Gasteiger partial charge in [0.05, 0.1) is 10.7 Å². The molecule has 0 aliphatic heterocycles. The zero-order chi connectivity index (χ0) is 12.1. The van der Waals surface area contributed by atoms with E-state index in [0.29, 0.717) is 6.54 Å². The Bertz CT molecular complexity index is 480. The van der Waals surface area contributed by atoms with Crippen LogP contribution in [0.4, 0.5) is 0 Å². The predicted molar refractivity (Wildman–Crippen MR) is 75.4 cm³/mol. The van der Waals surface area contributed by atoms with Crippen LogP contribution >= 0.6 is 23.1 Å². The number of rotatable bonds is 5. The van der Waals surface area contributed by atoms with Crippen molar-refractivity contribution >= 4 is 23.1 Å². The van der Waals surface area contributed by atoms with E-state index in [2.05, 4.69) is 41.6 Å². The topological polar surface area (TPSA) is 38.9 Å². The van der Waals surface area contributed by atoms with Gasteiger partial charge in [0.25, 0.3) is 0 Å². The van der Waals surface area contributed by atoms with Gasteiger partial charge >= 0.3 is 0 Å². The lowest BCUT2D eigenvalue weighted by Crippen LogP contribution is -1.95. The first kappa shape index (κ1) is 12.6. The van der Waals surface area contributed by atoms with Crippen molar-refractivity contribution in [3.8, 4) is 0 Å². The number of benzene rings is 1. The fourth-order valence-corrected chi connectivity index (χ4v) is 3.22. The quantitative estimate of drug-likeness (QED) is 0.841. The van der Waals surface area contributed by atoms with Gasteiger partial charge in [0, 0.05) is 22.6 Å². The summed E-state index contributed by atoms with van der Waals surface area (Å²) in [6, 6.07) is 8.39. The maximum absolute atomic E-state index is 5.63. The molecule has 1 aromatic carbocycles. The molecule has 0 atom stereocenters. The molecule has 0 radical (unpaired) electrons. The molecular weight excluding hydrogens is 248 g/mol. The lowest BCUT2D eigenvalue weighted by atomic mass is 10.2. The molecule has 0 amide bonds. The van der Waals surface area contributed by atoms with Crippen LogP contribution in [0.1, 0.15) is 23.2 Å². The lowest BCUT2D eigenvalue weighted by Gasteiger charge is -2.02. The van der Waals surface area contributed by atoms with Crippen LogP contribution < -0.4 is 5.73 Å². The van der Waals surface area contributed by atoms with Crippen LogP contribution in [-0.4, -0.2) is 4.98 Å². The van der Waals surface area contributed by atoms with Gasteiger partial charge in [-0.3, -0.25) is 0 Å². The molecule has 0 aliphatic rings. The summed E-state index contributed by atoms with van der Waals surface area (Å²) in [6.07, 6.45) is 1.03. The minimum absolute atomic E-state index is 0.602. The van der Waals surface area contributed by atoms with E-state index in [4.69, 9.17) is 5.73 Å². The van der Waals surface area contributed by atoms with Crippen LogP contribution in [0.25, 0.3) is 0 Å². The van der Waals surface area contributed by atoms with Gasteiger partial charge in [0.2, 0.25) is 0 Å². The average molecular weight is 264 g/mol. The van der Waals surface area contributed by atoms with Gasteiger partial charge in [0.15, 0.2) is 0 Å². The maximum atomic E-state index is 5.63. The Balaban J connectivity index is 1.96. The van der Waals surface area contributed by atoms with Gasteiger partial charge in [-0.2, -0.15) is 0 Å². The second-order valence-corrected chi connectivity index (χ2v) is 5.72. The van der Waals surface area contributed by atoms with Gasteiger partial charge < -0.3 is 5.73 Å². The first-order valence-corrected chi connectivity index (χ1v) is 7.53. The molecule has 2 aromatic rings. The van der Waals surface area contributed by atoms with E-state index in [9.17, 15) is 0 Å². The molecule has 1 heterocycles. The number of hydrogen-bond donors (Lipinski definition) is 1. The van der Waals surface area contributed by atoms with Crippen molar-refractivity contribution in [3.05, 3.63) is 45.9 Å². The molecule has 0 saturated heterocycles.